The van der Waals surface area contributed by atoms with Crippen LogP contribution in [0.4, 0.5) is 0 Å². The number of hydrogen-bond acceptors (Lipinski definition) is 5. The van der Waals surface area contributed by atoms with Gasteiger partial charge >= 0.3 is 0 Å². The number of amides is 1. The van der Waals surface area contributed by atoms with Gasteiger partial charge in [-0.1, -0.05) is 76.6 Å². The Morgan fingerprint density at radius 3 is 2.20 bits per heavy atom. The molecule has 0 spiro atoms. The molecule has 0 aliphatic carbocycles. The molecule has 0 atom stereocenters. The van der Waals surface area contributed by atoms with Gasteiger partial charge in [0.15, 0.2) is 17.1 Å². The molecule has 7 heteroatoms. The first-order valence-electron chi connectivity index (χ1n) is 9.29. The minimum absolute atomic E-state index is 0.0978. The Bertz CT molecular complexity index is 1000. The van der Waals surface area contributed by atoms with Crippen LogP contribution in [0.15, 0.2) is 82.4 Å². The maximum Gasteiger partial charge on any atom is 0.281 e. The Kier molecular flexibility index (Phi) is 6.87. The van der Waals surface area contributed by atoms with E-state index in [-0.39, 0.29) is 5.75 Å². The molecule has 3 aromatic carbocycles. The highest BCUT2D eigenvalue weighted by Crippen LogP contribution is 2.33. The van der Waals surface area contributed by atoms with Crippen molar-refractivity contribution in [1.82, 2.24) is 5.43 Å². The van der Waals surface area contributed by atoms with E-state index in [4.69, 9.17) is 4.74 Å². The Hall–Kier alpha value is -3.16. The van der Waals surface area contributed by atoms with Gasteiger partial charge in [-0.2, -0.15) is 5.10 Å². The number of phenolic OH excluding ortho intramolecular Hbond substituents is 1. The Morgan fingerprint density at radius 1 is 1.10 bits per heavy atom. The quantitative estimate of drug-likeness (QED) is 0.361. The van der Waals surface area contributed by atoms with Crippen LogP contribution in [0.1, 0.15) is 23.6 Å². The van der Waals surface area contributed by atoms with Gasteiger partial charge in [-0.25, -0.2) is 5.43 Å². The average molecular weight is 469 g/mol. The van der Waals surface area contributed by atoms with Gasteiger partial charge in [-0.05, 0) is 30.2 Å². The smallest absolute Gasteiger partial charge is 0.281 e. The molecule has 0 aliphatic heterocycles. The van der Waals surface area contributed by atoms with Crippen LogP contribution >= 0.6 is 15.9 Å². The summed E-state index contributed by atoms with van der Waals surface area (Å²) in [6, 6.07) is 20.5. The average Bonchev–Trinajstić information content (AvgIpc) is 2.77. The van der Waals surface area contributed by atoms with Crippen molar-refractivity contribution < 1.29 is 19.7 Å². The number of nitrogens with zero attached hydrogens (tertiary/aromatic N) is 1. The summed E-state index contributed by atoms with van der Waals surface area (Å²) in [7, 11) is 0. The predicted molar refractivity (Wildman–Crippen MR) is 119 cm³/mol. The van der Waals surface area contributed by atoms with Crippen LogP contribution < -0.4 is 10.2 Å². The number of nitrogens with one attached hydrogen (secondary N) is 1. The van der Waals surface area contributed by atoms with Crippen LogP contribution in [0.3, 0.4) is 0 Å². The van der Waals surface area contributed by atoms with Crippen molar-refractivity contribution in [3.05, 3.63) is 94.0 Å². The molecule has 3 N–H and O–H groups in total. The van der Waals surface area contributed by atoms with E-state index in [0.717, 1.165) is 0 Å². The van der Waals surface area contributed by atoms with Crippen LogP contribution in [0.25, 0.3) is 0 Å². The number of hydrogen-bond donors (Lipinski definition) is 3. The van der Waals surface area contributed by atoms with Crippen LogP contribution in [0, 0.1) is 0 Å². The number of benzene rings is 3. The van der Waals surface area contributed by atoms with E-state index in [1.807, 2.05) is 6.92 Å². The lowest BCUT2D eigenvalue weighted by atomic mass is 9.85. The van der Waals surface area contributed by atoms with Crippen molar-refractivity contribution in [1.29, 1.82) is 0 Å². The zero-order chi connectivity index (χ0) is 21.6. The third-order valence-electron chi connectivity index (χ3n) is 4.45. The topological polar surface area (TPSA) is 91.2 Å². The highest BCUT2D eigenvalue weighted by atomic mass is 79.9. The van der Waals surface area contributed by atoms with Crippen LogP contribution in [0.5, 0.6) is 11.5 Å². The van der Waals surface area contributed by atoms with Gasteiger partial charge in [0.25, 0.3) is 5.91 Å². The zero-order valence-electron chi connectivity index (χ0n) is 16.2. The number of aliphatic hydroxyl groups is 1. The molecule has 0 radical (unpaired) electrons. The molecule has 0 aliphatic rings. The van der Waals surface area contributed by atoms with E-state index in [0.29, 0.717) is 33.5 Å². The van der Waals surface area contributed by atoms with Gasteiger partial charge in [0.1, 0.15) is 0 Å². The number of carbonyl (C=O) groups is 1. The van der Waals surface area contributed by atoms with Crippen LogP contribution in [0.2, 0.25) is 0 Å². The summed E-state index contributed by atoms with van der Waals surface area (Å²) in [5.41, 5.74) is 1.61. The van der Waals surface area contributed by atoms with Crippen molar-refractivity contribution in [2.45, 2.75) is 12.5 Å². The third-order valence-corrected chi connectivity index (χ3v) is 4.91. The first-order chi connectivity index (χ1) is 14.5. The van der Waals surface area contributed by atoms with Crippen molar-refractivity contribution in [2.75, 3.05) is 6.61 Å². The molecule has 0 bridgehead atoms. The normalized spacial score (nSPS) is 11.4. The number of carbonyl (C=O) groups excluding carboxylic acids is 1. The molecule has 30 heavy (non-hydrogen) atoms. The number of phenols is 1. The Labute approximate surface area is 183 Å². The standard InChI is InChI=1S/C23H21BrN2O4/c1-2-30-20-14-19(24)13-16(21(20)27)15-25-26-22(28)23(29,17-9-5-3-6-10-17)18-11-7-4-8-12-18/h3-15,27,29H,2H2,1H3,(H,26,28)/b25-15+. The summed E-state index contributed by atoms with van der Waals surface area (Å²) in [6.07, 6.45) is 1.29. The maximum absolute atomic E-state index is 13.0. The molecule has 3 aromatic rings. The SMILES string of the molecule is CCOc1cc(Br)cc(/C=N/NC(=O)C(O)(c2ccccc2)c2ccccc2)c1O. The first-order valence-corrected chi connectivity index (χ1v) is 10.1. The van der Waals surface area contributed by atoms with E-state index in [2.05, 4.69) is 26.5 Å². The van der Waals surface area contributed by atoms with Crippen LogP contribution in [-0.2, 0) is 10.4 Å². The van der Waals surface area contributed by atoms with Gasteiger partial charge in [0.2, 0.25) is 0 Å². The van der Waals surface area contributed by atoms with Gasteiger partial charge in [-0.15, -0.1) is 0 Å². The molecule has 1 amide bonds. The zero-order valence-corrected chi connectivity index (χ0v) is 17.8. The minimum Gasteiger partial charge on any atom is -0.504 e. The lowest BCUT2D eigenvalue weighted by Crippen LogP contribution is -2.43. The summed E-state index contributed by atoms with van der Waals surface area (Å²) >= 11 is 3.35. The van der Waals surface area contributed by atoms with E-state index in [1.54, 1.807) is 72.8 Å². The molecule has 0 aromatic heterocycles. The predicted octanol–water partition coefficient (Wildman–Crippen LogP) is 3.94. The number of halogens is 1. The van der Waals surface area contributed by atoms with Gasteiger partial charge < -0.3 is 14.9 Å². The molecule has 0 heterocycles. The third kappa shape index (κ3) is 4.53. The van der Waals surface area contributed by atoms with Crippen molar-refractivity contribution in [3.8, 4) is 11.5 Å². The monoisotopic (exact) mass is 468 g/mol. The number of aromatic hydroxyl groups is 1. The maximum atomic E-state index is 13.0. The largest absolute Gasteiger partial charge is 0.504 e. The molecule has 6 nitrogen and oxygen atoms in total. The van der Waals surface area contributed by atoms with Gasteiger partial charge in [0, 0.05) is 10.0 Å². The molecule has 0 saturated carbocycles. The van der Waals surface area contributed by atoms with Crippen molar-refractivity contribution >= 4 is 28.1 Å². The van der Waals surface area contributed by atoms with Gasteiger partial charge in [-0.3, -0.25) is 4.79 Å². The summed E-state index contributed by atoms with van der Waals surface area (Å²) < 4.78 is 6.07. The minimum atomic E-state index is -1.93. The van der Waals surface area contributed by atoms with Crippen LogP contribution in [-0.4, -0.2) is 28.9 Å². The first kappa shape index (κ1) is 21.5. The molecule has 0 unspecified atom stereocenters. The molecular formula is C23H21BrN2O4. The van der Waals surface area contributed by atoms with E-state index in [9.17, 15) is 15.0 Å². The van der Waals surface area contributed by atoms with Crippen molar-refractivity contribution in [3.63, 3.8) is 0 Å². The molecular weight excluding hydrogens is 448 g/mol. The van der Waals surface area contributed by atoms with E-state index in [1.165, 1.54) is 6.21 Å². The summed E-state index contributed by atoms with van der Waals surface area (Å²) in [6.45, 7) is 2.20. The summed E-state index contributed by atoms with van der Waals surface area (Å²) in [5, 5.41) is 25.6. The van der Waals surface area contributed by atoms with Crippen molar-refractivity contribution in [2.24, 2.45) is 5.10 Å². The Balaban J connectivity index is 1.90. The second-order valence-corrected chi connectivity index (χ2v) is 7.33. The fourth-order valence-electron chi connectivity index (χ4n) is 2.99. The highest BCUT2D eigenvalue weighted by Gasteiger charge is 2.39. The van der Waals surface area contributed by atoms with E-state index < -0.39 is 11.5 Å². The second kappa shape index (κ2) is 9.56. The second-order valence-electron chi connectivity index (χ2n) is 6.42. The summed E-state index contributed by atoms with van der Waals surface area (Å²) in [5.74, 6) is -0.528. The number of hydrazone groups is 1. The Morgan fingerprint density at radius 2 is 1.67 bits per heavy atom. The molecule has 154 valence electrons. The highest BCUT2D eigenvalue weighted by molar-refractivity contribution is 9.10. The lowest BCUT2D eigenvalue weighted by Gasteiger charge is -2.27. The van der Waals surface area contributed by atoms with Gasteiger partial charge in [0.05, 0.1) is 12.8 Å². The lowest BCUT2D eigenvalue weighted by molar-refractivity contribution is -0.136. The number of ether oxygens (including phenoxy) is 1. The summed E-state index contributed by atoms with van der Waals surface area (Å²) in [4.78, 5) is 13.0. The number of rotatable bonds is 7. The molecule has 0 saturated heterocycles. The van der Waals surface area contributed by atoms with E-state index >= 15 is 0 Å². The molecule has 0 fully saturated rings. The fourth-order valence-corrected chi connectivity index (χ4v) is 3.44. The fraction of sp³-hybridized carbons (Fsp3) is 0.130. The molecule has 3 rings (SSSR count).